The van der Waals surface area contributed by atoms with E-state index in [4.69, 9.17) is 26.1 Å². The summed E-state index contributed by atoms with van der Waals surface area (Å²) in [7, 11) is 1.69. The van der Waals surface area contributed by atoms with Crippen LogP contribution in [0.25, 0.3) is 11.0 Å². The van der Waals surface area contributed by atoms with Gasteiger partial charge in [-0.15, -0.1) is 11.6 Å². The van der Waals surface area contributed by atoms with Gasteiger partial charge in [0.25, 0.3) is 0 Å². The fourth-order valence-electron chi connectivity index (χ4n) is 3.17. The predicted molar refractivity (Wildman–Crippen MR) is 84.4 cm³/mol. The summed E-state index contributed by atoms with van der Waals surface area (Å²) in [6.45, 7) is 5.15. The van der Waals surface area contributed by atoms with Crippen LogP contribution in [0.2, 0.25) is 0 Å². The van der Waals surface area contributed by atoms with E-state index in [1.165, 1.54) is 0 Å². The van der Waals surface area contributed by atoms with Gasteiger partial charge < -0.3 is 14.0 Å². The Bertz CT molecular complexity index is 655. The Morgan fingerprint density at radius 3 is 2.95 bits per heavy atom. The van der Waals surface area contributed by atoms with E-state index in [2.05, 4.69) is 24.5 Å². The van der Waals surface area contributed by atoms with Gasteiger partial charge in [-0.1, -0.05) is 0 Å². The third-order valence-corrected chi connectivity index (χ3v) is 4.80. The van der Waals surface area contributed by atoms with Crippen LogP contribution < -0.4 is 4.74 Å². The van der Waals surface area contributed by atoms with Gasteiger partial charge in [0.2, 0.25) is 0 Å². The number of hydrogen-bond donors (Lipinski definition) is 0. The first-order valence-corrected chi connectivity index (χ1v) is 7.87. The smallest absolute Gasteiger partial charge is 0.121 e. The summed E-state index contributed by atoms with van der Waals surface area (Å²) in [5.74, 6) is 2.43. The Hall–Kier alpha value is -1.26. The zero-order chi connectivity index (χ0) is 15.0. The molecule has 0 spiro atoms. The lowest BCUT2D eigenvalue weighted by Crippen LogP contribution is -2.38. The van der Waals surface area contributed by atoms with Gasteiger partial charge in [-0.2, -0.15) is 0 Å². The average Bonchev–Trinajstić information content (AvgIpc) is 3.00. The Morgan fingerprint density at radius 2 is 2.33 bits per heavy atom. The fourth-order valence-corrected chi connectivity index (χ4v) is 3.34. The standard InChI is InChI=1S/C16H21ClN2O2/c1-11-16(2,7-9-21-11)19-14-10-12(20-3)4-5-13(14)18-15(19)6-8-17/h4-5,10-11H,6-9H2,1-3H3. The lowest BCUT2D eigenvalue weighted by Gasteiger charge is -2.32. The average molecular weight is 309 g/mol. The van der Waals surface area contributed by atoms with Gasteiger partial charge in [-0.05, 0) is 32.4 Å². The Morgan fingerprint density at radius 1 is 1.52 bits per heavy atom. The molecule has 114 valence electrons. The van der Waals surface area contributed by atoms with Crippen molar-refractivity contribution in [2.24, 2.45) is 0 Å². The normalized spacial score (nSPS) is 25.6. The summed E-state index contributed by atoms with van der Waals surface area (Å²) in [4.78, 5) is 4.77. The summed E-state index contributed by atoms with van der Waals surface area (Å²) in [5, 5.41) is 0. The van der Waals surface area contributed by atoms with E-state index < -0.39 is 0 Å². The lowest BCUT2D eigenvalue weighted by atomic mass is 9.93. The van der Waals surface area contributed by atoms with Crippen molar-refractivity contribution in [1.29, 1.82) is 0 Å². The minimum absolute atomic E-state index is 0.0947. The number of imidazole rings is 1. The van der Waals surface area contributed by atoms with Crippen molar-refractivity contribution in [2.45, 2.75) is 38.3 Å². The van der Waals surface area contributed by atoms with Crippen LogP contribution in [0.1, 0.15) is 26.1 Å². The van der Waals surface area contributed by atoms with Gasteiger partial charge in [-0.25, -0.2) is 4.98 Å². The van der Waals surface area contributed by atoms with Gasteiger partial charge in [0.1, 0.15) is 11.6 Å². The molecule has 21 heavy (non-hydrogen) atoms. The van der Waals surface area contributed by atoms with Crippen molar-refractivity contribution in [1.82, 2.24) is 9.55 Å². The summed E-state index contributed by atoms with van der Waals surface area (Å²) in [6.07, 6.45) is 1.88. The molecule has 0 radical (unpaired) electrons. The summed E-state index contributed by atoms with van der Waals surface area (Å²) >= 11 is 5.97. The van der Waals surface area contributed by atoms with Crippen molar-refractivity contribution in [3.05, 3.63) is 24.0 Å². The topological polar surface area (TPSA) is 36.3 Å². The number of aryl methyl sites for hydroxylation is 1. The van der Waals surface area contributed by atoms with Gasteiger partial charge >= 0.3 is 0 Å². The highest BCUT2D eigenvalue weighted by atomic mass is 35.5. The molecule has 0 saturated carbocycles. The van der Waals surface area contributed by atoms with Crippen LogP contribution >= 0.6 is 11.6 Å². The van der Waals surface area contributed by atoms with Crippen molar-refractivity contribution >= 4 is 22.6 Å². The zero-order valence-electron chi connectivity index (χ0n) is 12.7. The first kappa shape index (κ1) is 14.7. The van der Waals surface area contributed by atoms with Crippen LogP contribution in [0.15, 0.2) is 18.2 Å². The minimum Gasteiger partial charge on any atom is -0.497 e. The first-order valence-electron chi connectivity index (χ1n) is 7.33. The van der Waals surface area contributed by atoms with Crippen LogP contribution in [0.3, 0.4) is 0 Å². The number of aromatic nitrogens is 2. The van der Waals surface area contributed by atoms with E-state index >= 15 is 0 Å². The molecule has 1 aromatic heterocycles. The number of fused-ring (bicyclic) bond motifs is 1. The Labute approximate surface area is 130 Å². The highest BCUT2D eigenvalue weighted by Crippen LogP contribution is 2.38. The van der Waals surface area contributed by atoms with Crippen LogP contribution in [-0.4, -0.2) is 35.3 Å². The predicted octanol–water partition coefficient (Wildman–Crippen LogP) is 3.35. The molecule has 4 nitrogen and oxygen atoms in total. The molecule has 1 aliphatic heterocycles. The van der Waals surface area contributed by atoms with E-state index in [0.29, 0.717) is 5.88 Å². The third-order valence-electron chi connectivity index (χ3n) is 4.61. The highest BCUT2D eigenvalue weighted by Gasteiger charge is 2.41. The summed E-state index contributed by atoms with van der Waals surface area (Å²) in [5.41, 5.74) is 1.98. The first-order chi connectivity index (χ1) is 10.1. The number of benzene rings is 1. The van der Waals surface area contributed by atoms with E-state index in [9.17, 15) is 0 Å². The molecule has 2 atom stereocenters. The molecule has 2 aromatic rings. The van der Waals surface area contributed by atoms with Gasteiger partial charge in [-0.3, -0.25) is 0 Å². The molecule has 0 bridgehead atoms. The number of rotatable bonds is 4. The molecule has 3 rings (SSSR count). The second-order valence-corrected chi connectivity index (χ2v) is 6.16. The van der Waals surface area contributed by atoms with Crippen LogP contribution in [0.4, 0.5) is 0 Å². The molecular weight excluding hydrogens is 288 g/mol. The van der Waals surface area contributed by atoms with Crippen molar-refractivity contribution in [3.8, 4) is 5.75 Å². The minimum atomic E-state index is -0.0947. The fraction of sp³-hybridized carbons (Fsp3) is 0.562. The molecule has 1 saturated heterocycles. The lowest BCUT2D eigenvalue weighted by molar-refractivity contribution is 0.0764. The Kier molecular flexibility index (Phi) is 3.84. The second-order valence-electron chi connectivity index (χ2n) is 5.78. The highest BCUT2D eigenvalue weighted by molar-refractivity contribution is 6.17. The molecule has 0 N–H and O–H groups in total. The largest absolute Gasteiger partial charge is 0.497 e. The monoisotopic (exact) mass is 308 g/mol. The molecule has 1 fully saturated rings. The van der Waals surface area contributed by atoms with Crippen molar-refractivity contribution in [2.75, 3.05) is 19.6 Å². The molecular formula is C16H21ClN2O2. The number of nitrogens with zero attached hydrogens (tertiary/aromatic N) is 2. The van der Waals surface area contributed by atoms with E-state index in [0.717, 1.165) is 42.1 Å². The maximum atomic E-state index is 5.97. The Balaban J connectivity index is 2.23. The molecule has 5 heteroatoms. The quantitative estimate of drug-likeness (QED) is 0.813. The molecule has 0 aliphatic carbocycles. The van der Waals surface area contributed by atoms with Crippen LogP contribution in [-0.2, 0) is 16.7 Å². The summed E-state index contributed by atoms with van der Waals surface area (Å²) < 4.78 is 13.5. The van der Waals surface area contributed by atoms with Crippen LogP contribution in [0.5, 0.6) is 5.75 Å². The van der Waals surface area contributed by atoms with Gasteiger partial charge in [0.05, 0.1) is 29.8 Å². The van der Waals surface area contributed by atoms with Crippen LogP contribution in [0, 0.1) is 0 Å². The summed E-state index contributed by atoms with van der Waals surface area (Å²) in [6, 6.07) is 6.00. The number of alkyl halides is 1. The van der Waals surface area contributed by atoms with E-state index in [1.54, 1.807) is 7.11 Å². The van der Waals surface area contributed by atoms with E-state index in [1.807, 2.05) is 12.1 Å². The van der Waals surface area contributed by atoms with Gasteiger partial charge in [0.15, 0.2) is 0 Å². The maximum Gasteiger partial charge on any atom is 0.121 e. The number of hydrogen-bond acceptors (Lipinski definition) is 3. The molecule has 2 unspecified atom stereocenters. The van der Waals surface area contributed by atoms with Crippen molar-refractivity contribution in [3.63, 3.8) is 0 Å². The molecule has 1 aliphatic rings. The zero-order valence-corrected chi connectivity index (χ0v) is 13.5. The number of ether oxygens (including phenoxy) is 2. The van der Waals surface area contributed by atoms with E-state index in [-0.39, 0.29) is 11.6 Å². The molecule has 2 heterocycles. The van der Waals surface area contributed by atoms with Crippen molar-refractivity contribution < 1.29 is 9.47 Å². The second kappa shape index (κ2) is 5.50. The number of halogens is 1. The number of methoxy groups -OCH3 is 1. The maximum absolute atomic E-state index is 5.97. The molecule has 0 amide bonds. The third kappa shape index (κ3) is 2.30. The SMILES string of the molecule is COc1ccc2nc(CCCl)n(C3(C)CCOC3C)c2c1. The van der Waals surface area contributed by atoms with Gasteiger partial charge in [0, 0.05) is 25.0 Å². The molecule has 1 aromatic carbocycles.